The molecule has 2 N–H and O–H groups in total. The Morgan fingerprint density at radius 3 is 2.70 bits per heavy atom. The number of nitrogens with one attached hydrogen (secondary N) is 1. The SMILES string of the molecule is COc1cc(CNCCc2ccccc2C)ccc1O. The molecule has 3 nitrogen and oxygen atoms in total. The number of aryl methyl sites for hydroxylation is 1. The molecule has 3 heteroatoms. The molecule has 0 heterocycles. The molecule has 0 spiro atoms. The molecular weight excluding hydrogens is 250 g/mol. The number of phenols is 1. The maximum Gasteiger partial charge on any atom is 0.160 e. The average molecular weight is 271 g/mol. The van der Waals surface area contributed by atoms with E-state index in [9.17, 15) is 5.11 Å². The minimum atomic E-state index is 0.177. The predicted octanol–water partition coefficient (Wildman–Crippen LogP) is 3.04. The molecule has 0 aliphatic rings. The molecule has 0 aliphatic carbocycles. The maximum atomic E-state index is 9.54. The second kappa shape index (κ2) is 6.96. The Hall–Kier alpha value is -2.00. The van der Waals surface area contributed by atoms with Crippen molar-refractivity contribution in [3.63, 3.8) is 0 Å². The highest BCUT2D eigenvalue weighted by Crippen LogP contribution is 2.26. The Morgan fingerprint density at radius 1 is 1.15 bits per heavy atom. The van der Waals surface area contributed by atoms with Gasteiger partial charge in [-0.2, -0.15) is 0 Å². The summed E-state index contributed by atoms with van der Waals surface area (Å²) in [5.41, 5.74) is 3.81. The molecule has 20 heavy (non-hydrogen) atoms. The molecular formula is C17H21NO2. The molecule has 0 radical (unpaired) electrons. The first-order chi connectivity index (χ1) is 9.70. The fourth-order valence-corrected chi connectivity index (χ4v) is 2.18. The molecule has 0 aromatic heterocycles. The van der Waals surface area contributed by atoms with Crippen molar-refractivity contribution < 1.29 is 9.84 Å². The van der Waals surface area contributed by atoms with Crippen LogP contribution in [0.15, 0.2) is 42.5 Å². The van der Waals surface area contributed by atoms with Crippen LogP contribution in [0.4, 0.5) is 0 Å². The lowest BCUT2D eigenvalue weighted by molar-refractivity contribution is 0.373. The molecule has 106 valence electrons. The lowest BCUT2D eigenvalue weighted by Gasteiger charge is -2.09. The summed E-state index contributed by atoms with van der Waals surface area (Å²) in [6, 6.07) is 13.9. The monoisotopic (exact) mass is 271 g/mol. The fraction of sp³-hybridized carbons (Fsp3) is 0.294. The van der Waals surface area contributed by atoms with Gasteiger partial charge in [0.2, 0.25) is 0 Å². The molecule has 0 bridgehead atoms. The first-order valence-corrected chi connectivity index (χ1v) is 6.82. The molecule has 0 amide bonds. The first-order valence-electron chi connectivity index (χ1n) is 6.82. The molecule has 0 aliphatic heterocycles. The number of methoxy groups -OCH3 is 1. The molecule has 0 saturated carbocycles. The smallest absolute Gasteiger partial charge is 0.160 e. The third-order valence-electron chi connectivity index (χ3n) is 3.41. The van der Waals surface area contributed by atoms with E-state index in [1.54, 1.807) is 13.2 Å². The molecule has 0 saturated heterocycles. The molecule has 0 atom stereocenters. The van der Waals surface area contributed by atoms with Crippen LogP contribution in [0.1, 0.15) is 16.7 Å². The van der Waals surface area contributed by atoms with Crippen LogP contribution in [0.2, 0.25) is 0 Å². The highest BCUT2D eigenvalue weighted by molar-refractivity contribution is 5.41. The molecule has 0 fully saturated rings. The minimum Gasteiger partial charge on any atom is -0.504 e. The van der Waals surface area contributed by atoms with Crippen molar-refractivity contribution in [1.29, 1.82) is 0 Å². The van der Waals surface area contributed by atoms with Crippen LogP contribution in [0, 0.1) is 6.92 Å². The Bertz CT molecular complexity index is 567. The Balaban J connectivity index is 1.83. The van der Waals surface area contributed by atoms with Crippen molar-refractivity contribution >= 4 is 0 Å². The van der Waals surface area contributed by atoms with Crippen LogP contribution in [0.5, 0.6) is 11.5 Å². The van der Waals surface area contributed by atoms with Crippen LogP contribution in [0.3, 0.4) is 0 Å². The summed E-state index contributed by atoms with van der Waals surface area (Å²) in [7, 11) is 1.56. The van der Waals surface area contributed by atoms with E-state index < -0.39 is 0 Å². The summed E-state index contributed by atoms with van der Waals surface area (Å²) >= 11 is 0. The molecule has 0 unspecified atom stereocenters. The van der Waals surface area contributed by atoms with Crippen LogP contribution in [-0.4, -0.2) is 18.8 Å². The van der Waals surface area contributed by atoms with Gasteiger partial charge < -0.3 is 15.2 Å². The number of rotatable bonds is 6. The number of hydrogen-bond donors (Lipinski definition) is 2. The van der Waals surface area contributed by atoms with Gasteiger partial charge in [-0.05, 0) is 48.7 Å². The third-order valence-corrected chi connectivity index (χ3v) is 3.41. The summed E-state index contributed by atoms with van der Waals surface area (Å²) in [6.45, 7) is 3.83. The van der Waals surface area contributed by atoms with Gasteiger partial charge in [0.05, 0.1) is 7.11 Å². The highest BCUT2D eigenvalue weighted by Gasteiger charge is 2.02. The van der Waals surface area contributed by atoms with Gasteiger partial charge in [-0.1, -0.05) is 30.3 Å². The maximum absolute atomic E-state index is 9.54. The van der Waals surface area contributed by atoms with E-state index in [1.165, 1.54) is 11.1 Å². The van der Waals surface area contributed by atoms with Gasteiger partial charge in [0, 0.05) is 6.54 Å². The van der Waals surface area contributed by atoms with Crippen LogP contribution >= 0.6 is 0 Å². The van der Waals surface area contributed by atoms with E-state index in [0.717, 1.165) is 25.1 Å². The number of ether oxygens (including phenoxy) is 1. The van der Waals surface area contributed by atoms with Crippen LogP contribution < -0.4 is 10.1 Å². The number of benzene rings is 2. The molecule has 2 rings (SSSR count). The second-order valence-electron chi connectivity index (χ2n) is 4.86. The van der Waals surface area contributed by atoms with Gasteiger partial charge in [-0.25, -0.2) is 0 Å². The van der Waals surface area contributed by atoms with Crippen molar-refractivity contribution in [2.45, 2.75) is 19.9 Å². The summed E-state index contributed by atoms with van der Waals surface area (Å²) in [6.07, 6.45) is 1.02. The lowest BCUT2D eigenvalue weighted by atomic mass is 10.1. The molecule has 2 aromatic carbocycles. The van der Waals surface area contributed by atoms with E-state index in [-0.39, 0.29) is 5.75 Å². The minimum absolute atomic E-state index is 0.177. The number of aromatic hydroxyl groups is 1. The standard InChI is InChI=1S/C17H21NO2/c1-13-5-3-4-6-15(13)9-10-18-12-14-7-8-16(19)17(11-14)20-2/h3-8,11,18-19H,9-10,12H2,1-2H3. The number of hydrogen-bond acceptors (Lipinski definition) is 3. The van der Waals surface area contributed by atoms with Crippen molar-refractivity contribution in [1.82, 2.24) is 5.32 Å². The number of phenolic OH excluding ortho intramolecular Hbond substituents is 1. The molecule has 2 aromatic rings. The van der Waals surface area contributed by atoms with E-state index in [1.807, 2.05) is 12.1 Å². The van der Waals surface area contributed by atoms with E-state index >= 15 is 0 Å². The van der Waals surface area contributed by atoms with Gasteiger partial charge in [-0.15, -0.1) is 0 Å². The van der Waals surface area contributed by atoms with Gasteiger partial charge in [0.15, 0.2) is 11.5 Å². The topological polar surface area (TPSA) is 41.5 Å². The third kappa shape index (κ3) is 3.75. The van der Waals surface area contributed by atoms with E-state index in [4.69, 9.17) is 4.74 Å². The normalized spacial score (nSPS) is 10.5. The Morgan fingerprint density at radius 2 is 1.95 bits per heavy atom. The zero-order valence-corrected chi connectivity index (χ0v) is 12.0. The average Bonchev–Trinajstić information content (AvgIpc) is 2.47. The van der Waals surface area contributed by atoms with Gasteiger partial charge >= 0.3 is 0 Å². The quantitative estimate of drug-likeness (QED) is 0.793. The van der Waals surface area contributed by atoms with Crippen molar-refractivity contribution in [3.8, 4) is 11.5 Å². The summed E-state index contributed by atoms with van der Waals surface area (Å²) in [4.78, 5) is 0. The van der Waals surface area contributed by atoms with Crippen LogP contribution in [0.25, 0.3) is 0 Å². The van der Waals surface area contributed by atoms with Crippen molar-refractivity contribution in [3.05, 3.63) is 59.2 Å². The Labute approximate surface area is 120 Å². The fourth-order valence-electron chi connectivity index (χ4n) is 2.18. The van der Waals surface area contributed by atoms with E-state index in [2.05, 4.69) is 36.5 Å². The first kappa shape index (κ1) is 14.4. The second-order valence-corrected chi connectivity index (χ2v) is 4.86. The van der Waals surface area contributed by atoms with Crippen LogP contribution in [-0.2, 0) is 13.0 Å². The largest absolute Gasteiger partial charge is 0.504 e. The van der Waals surface area contributed by atoms with Crippen molar-refractivity contribution in [2.24, 2.45) is 0 Å². The lowest BCUT2D eigenvalue weighted by Crippen LogP contribution is -2.17. The highest BCUT2D eigenvalue weighted by atomic mass is 16.5. The summed E-state index contributed by atoms with van der Waals surface area (Å²) in [5, 5.41) is 13.0. The van der Waals surface area contributed by atoms with Gasteiger partial charge in [-0.3, -0.25) is 0 Å². The van der Waals surface area contributed by atoms with Gasteiger partial charge in [0.25, 0.3) is 0 Å². The predicted molar refractivity (Wildman–Crippen MR) is 81.2 cm³/mol. The summed E-state index contributed by atoms with van der Waals surface area (Å²) in [5.74, 6) is 0.694. The summed E-state index contributed by atoms with van der Waals surface area (Å²) < 4.78 is 5.10. The Kier molecular flexibility index (Phi) is 5.02. The van der Waals surface area contributed by atoms with E-state index in [0.29, 0.717) is 5.75 Å². The zero-order valence-electron chi connectivity index (χ0n) is 12.0. The zero-order chi connectivity index (χ0) is 14.4. The van der Waals surface area contributed by atoms with Gasteiger partial charge in [0.1, 0.15) is 0 Å². The van der Waals surface area contributed by atoms with Crippen molar-refractivity contribution in [2.75, 3.05) is 13.7 Å².